The van der Waals surface area contributed by atoms with Gasteiger partial charge in [0.1, 0.15) is 30.5 Å². The average Bonchev–Trinajstić information content (AvgIpc) is 2.34. The van der Waals surface area contributed by atoms with Crippen LogP contribution in [-0.4, -0.2) is 70.1 Å². The molecule has 0 aliphatic carbocycles. The zero-order valence-electron chi connectivity index (χ0n) is 9.26. The quantitative estimate of drug-likeness (QED) is 0.408. The van der Waals surface area contributed by atoms with E-state index in [9.17, 15) is 25.2 Å². The van der Waals surface area contributed by atoms with Gasteiger partial charge in [0.05, 0.1) is 0 Å². The average molecular weight is 248 g/mol. The number of aliphatic hydroxyl groups is 4. The van der Waals surface area contributed by atoms with Gasteiger partial charge in [-0.25, -0.2) is 0 Å². The summed E-state index contributed by atoms with van der Waals surface area (Å²) in [6, 6.07) is 0. The van der Waals surface area contributed by atoms with Gasteiger partial charge in [0.15, 0.2) is 12.1 Å². The number of methoxy groups -OCH3 is 1. The highest BCUT2D eigenvalue weighted by molar-refractivity contribution is 5.93. The molecular weight excluding hydrogens is 232 g/mol. The Morgan fingerprint density at radius 1 is 1.35 bits per heavy atom. The van der Waals surface area contributed by atoms with Crippen molar-refractivity contribution < 1.29 is 34.7 Å². The molecule has 0 aromatic rings. The molecule has 1 rings (SSSR count). The molecule has 4 N–H and O–H groups in total. The largest absolute Gasteiger partial charge is 0.387 e. The Kier molecular flexibility index (Phi) is 4.75. The van der Waals surface area contributed by atoms with Crippen molar-refractivity contribution in [1.82, 2.24) is 0 Å². The van der Waals surface area contributed by atoms with Gasteiger partial charge in [-0.1, -0.05) is 6.58 Å². The van der Waals surface area contributed by atoms with Crippen LogP contribution in [0.15, 0.2) is 12.7 Å². The van der Waals surface area contributed by atoms with E-state index in [0.29, 0.717) is 0 Å². The van der Waals surface area contributed by atoms with Crippen LogP contribution in [0.1, 0.15) is 0 Å². The third kappa shape index (κ3) is 2.71. The second-order valence-corrected chi connectivity index (χ2v) is 3.73. The lowest BCUT2D eigenvalue weighted by molar-refractivity contribution is -0.301. The Hall–Kier alpha value is -0.830. The van der Waals surface area contributed by atoms with Gasteiger partial charge in [-0.3, -0.25) is 4.79 Å². The molecule has 0 amide bonds. The van der Waals surface area contributed by atoms with Gasteiger partial charge in [0.25, 0.3) is 0 Å². The lowest BCUT2D eigenvalue weighted by Crippen LogP contribution is -2.62. The molecule has 6 atom stereocenters. The first kappa shape index (κ1) is 14.2. The molecule has 0 aromatic heterocycles. The molecule has 1 unspecified atom stereocenters. The number of carbonyl (C=O) groups is 1. The Balaban J connectivity index is 2.85. The van der Waals surface area contributed by atoms with Gasteiger partial charge in [0.2, 0.25) is 0 Å². The number of carbonyl (C=O) groups excluding carboxylic acids is 1. The summed E-state index contributed by atoms with van der Waals surface area (Å²) in [6.07, 6.45) is -8.06. The van der Waals surface area contributed by atoms with Crippen LogP contribution in [0.2, 0.25) is 0 Å². The normalized spacial score (nSPS) is 39.7. The molecule has 0 saturated carbocycles. The van der Waals surface area contributed by atoms with Crippen molar-refractivity contribution in [3.8, 4) is 0 Å². The summed E-state index contributed by atoms with van der Waals surface area (Å²) in [5.41, 5.74) is 0. The number of hydrogen-bond acceptors (Lipinski definition) is 7. The van der Waals surface area contributed by atoms with Crippen LogP contribution in [0.4, 0.5) is 0 Å². The van der Waals surface area contributed by atoms with Crippen molar-refractivity contribution in [3.05, 3.63) is 12.7 Å². The summed E-state index contributed by atoms with van der Waals surface area (Å²) in [5.74, 6) is -0.757. The number of ether oxygens (including phenoxy) is 2. The first-order valence-electron chi connectivity index (χ1n) is 5.00. The highest BCUT2D eigenvalue weighted by Crippen LogP contribution is 2.24. The van der Waals surface area contributed by atoms with Crippen LogP contribution in [-0.2, 0) is 14.3 Å². The van der Waals surface area contributed by atoms with Crippen molar-refractivity contribution in [2.24, 2.45) is 0 Å². The van der Waals surface area contributed by atoms with Crippen molar-refractivity contribution in [3.63, 3.8) is 0 Å². The minimum atomic E-state index is -1.68. The zero-order chi connectivity index (χ0) is 13.2. The lowest BCUT2D eigenvalue weighted by atomic mass is 9.93. The van der Waals surface area contributed by atoms with Gasteiger partial charge in [0, 0.05) is 7.11 Å². The third-order valence-corrected chi connectivity index (χ3v) is 2.64. The van der Waals surface area contributed by atoms with E-state index in [1.165, 1.54) is 7.11 Å². The SMILES string of the molecule is C=CC(=O)C(O)[C@H]1O[C@H](OC)[C@H](O)[C@@H](O)[C@H]1O. The second-order valence-electron chi connectivity index (χ2n) is 3.73. The van der Waals surface area contributed by atoms with Crippen molar-refractivity contribution >= 4 is 5.78 Å². The van der Waals surface area contributed by atoms with E-state index in [1.807, 2.05) is 0 Å². The number of ketones is 1. The monoisotopic (exact) mass is 248 g/mol. The maximum absolute atomic E-state index is 11.2. The van der Waals surface area contributed by atoms with E-state index in [0.717, 1.165) is 6.08 Å². The fourth-order valence-corrected chi connectivity index (χ4v) is 1.61. The Bertz CT molecular complexity index is 290. The van der Waals surface area contributed by atoms with Crippen LogP contribution in [0.3, 0.4) is 0 Å². The van der Waals surface area contributed by atoms with E-state index in [2.05, 4.69) is 6.58 Å². The molecule has 7 nitrogen and oxygen atoms in total. The molecule has 17 heavy (non-hydrogen) atoms. The fourth-order valence-electron chi connectivity index (χ4n) is 1.61. The van der Waals surface area contributed by atoms with Gasteiger partial charge in [-0.2, -0.15) is 0 Å². The fraction of sp³-hybridized carbons (Fsp3) is 0.700. The maximum atomic E-state index is 11.2. The Morgan fingerprint density at radius 3 is 2.41 bits per heavy atom. The molecule has 0 bridgehead atoms. The topological polar surface area (TPSA) is 116 Å². The summed E-state index contributed by atoms with van der Waals surface area (Å²) in [4.78, 5) is 11.2. The first-order valence-corrected chi connectivity index (χ1v) is 5.00. The van der Waals surface area contributed by atoms with Crippen molar-refractivity contribution in [1.29, 1.82) is 0 Å². The molecule has 1 heterocycles. The molecule has 98 valence electrons. The highest BCUT2D eigenvalue weighted by Gasteiger charge is 2.47. The molecule has 1 fully saturated rings. The molecule has 0 spiro atoms. The first-order chi connectivity index (χ1) is 7.93. The summed E-state index contributed by atoms with van der Waals surface area (Å²) in [7, 11) is 1.22. The van der Waals surface area contributed by atoms with Gasteiger partial charge < -0.3 is 29.9 Å². The summed E-state index contributed by atoms with van der Waals surface area (Å²) < 4.78 is 9.74. The maximum Gasteiger partial charge on any atom is 0.186 e. The minimum absolute atomic E-state index is 0.757. The number of aliphatic hydroxyl groups excluding tert-OH is 4. The van der Waals surface area contributed by atoms with E-state index >= 15 is 0 Å². The zero-order valence-corrected chi connectivity index (χ0v) is 9.26. The minimum Gasteiger partial charge on any atom is -0.387 e. The van der Waals surface area contributed by atoms with Crippen molar-refractivity contribution in [2.45, 2.75) is 36.8 Å². The molecule has 1 aliphatic heterocycles. The summed E-state index contributed by atoms with van der Waals surface area (Å²) in [6.45, 7) is 3.18. The third-order valence-electron chi connectivity index (χ3n) is 2.64. The van der Waals surface area contributed by atoms with E-state index in [-0.39, 0.29) is 0 Å². The Morgan fingerprint density at radius 2 is 1.94 bits per heavy atom. The molecular formula is C10H16O7. The summed E-state index contributed by atoms with van der Waals surface area (Å²) in [5, 5.41) is 38.1. The Labute approximate surface area is 97.9 Å². The number of hydrogen-bond donors (Lipinski definition) is 4. The van der Waals surface area contributed by atoms with Gasteiger partial charge in [-0.15, -0.1) is 0 Å². The van der Waals surface area contributed by atoms with E-state index < -0.39 is 42.6 Å². The van der Waals surface area contributed by atoms with Crippen LogP contribution in [0.25, 0.3) is 0 Å². The number of rotatable bonds is 4. The molecule has 7 heteroatoms. The molecule has 0 radical (unpaired) electrons. The standard InChI is InChI=1S/C10H16O7/c1-3-4(11)5(12)9-7(14)6(13)8(15)10(16-2)17-9/h3,5-10,12-15H,1H2,2H3/t5?,6-,7+,8+,9+,10-/m0/s1. The predicted octanol–water partition coefficient (Wildman–Crippen LogP) is -2.44. The van der Waals surface area contributed by atoms with Crippen molar-refractivity contribution in [2.75, 3.05) is 7.11 Å². The molecule has 1 aliphatic rings. The highest BCUT2D eigenvalue weighted by atomic mass is 16.7. The predicted molar refractivity (Wildman–Crippen MR) is 54.9 cm³/mol. The lowest BCUT2D eigenvalue weighted by Gasteiger charge is -2.40. The van der Waals surface area contributed by atoms with Crippen LogP contribution >= 0.6 is 0 Å². The summed E-state index contributed by atoms with van der Waals surface area (Å²) >= 11 is 0. The van der Waals surface area contributed by atoms with Gasteiger partial charge in [-0.05, 0) is 6.08 Å². The molecule has 1 saturated heterocycles. The van der Waals surface area contributed by atoms with Crippen LogP contribution < -0.4 is 0 Å². The van der Waals surface area contributed by atoms with Crippen LogP contribution in [0, 0.1) is 0 Å². The van der Waals surface area contributed by atoms with E-state index in [4.69, 9.17) is 9.47 Å². The second kappa shape index (κ2) is 5.67. The van der Waals surface area contributed by atoms with E-state index in [1.54, 1.807) is 0 Å². The molecule has 0 aromatic carbocycles. The van der Waals surface area contributed by atoms with Gasteiger partial charge >= 0.3 is 0 Å². The smallest absolute Gasteiger partial charge is 0.186 e. The van der Waals surface area contributed by atoms with Crippen LogP contribution in [0.5, 0.6) is 0 Å².